The molecule has 1 saturated heterocycles. The molecular formula is C18H19N3O2. The highest BCUT2D eigenvalue weighted by Gasteiger charge is 2.29. The van der Waals surface area contributed by atoms with E-state index in [1.807, 2.05) is 42.2 Å². The Kier molecular flexibility index (Phi) is 3.41. The van der Waals surface area contributed by atoms with Crippen LogP contribution in [-0.2, 0) is 0 Å². The molecular weight excluding hydrogens is 290 g/mol. The van der Waals surface area contributed by atoms with Crippen LogP contribution in [0.3, 0.4) is 0 Å². The number of carbonyl (C=O) groups is 1. The molecule has 5 heteroatoms. The molecule has 3 heterocycles. The third kappa shape index (κ3) is 2.42. The SMILES string of the molecule is Cc1c(C(=O)N2CCC[C@@H](c3ccn[nH]3)C2)oc2ccccc12. The lowest BCUT2D eigenvalue weighted by atomic mass is 9.94. The quantitative estimate of drug-likeness (QED) is 0.788. The van der Waals surface area contributed by atoms with Gasteiger partial charge in [-0.3, -0.25) is 9.89 Å². The van der Waals surface area contributed by atoms with E-state index < -0.39 is 0 Å². The smallest absolute Gasteiger partial charge is 0.289 e. The number of likely N-dealkylation sites (tertiary alicyclic amines) is 1. The molecule has 23 heavy (non-hydrogen) atoms. The molecule has 0 radical (unpaired) electrons. The molecule has 2 aromatic heterocycles. The summed E-state index contributed by atoms with van der Waals surface area (Å²) < 4.78 is 5.83. The topological polar surface area (TPSA) is 62.1 Å². The Morgan fingerprint density at radius 2 is 2.22 bits per heavy atom. The second kappa shape index (κ2) is 5.57. The van der Waals surface area contributed by atoms with E-state index in [0.29, 0.717) is 18.2 Å². The van der Waals surface area contributed by atoms with E-state index in [1.165, 1.54) is 0 Å². The summed E-state index contributed by atoms with van der Waals surface area (Å²) in [6.45, 7) is 3.44. The number of carbonyl (C=O) groups excluding carboxylic acids is 1. The fraction of sp³-hybridized carbons (Fsp3) is 0.333. The van der Waals surface area contributed by atoms with Crippen molar-refractivity contribution in [3.05, 3.63) is 53.5 Å². The predicted molar refractivity (Wildman–Crippen MR) is 87.4 cm³/mol. The lowest BCUT2D eigenvalue weighted by Crippen LogP contribution is -2.39. The monoisotopic (exact) mass is 309 g/mol. The van der Waals surface area contributed by atoms with Gasteiger partial charge in [0.2, 0.25) is 0 Å². The van der Waals surface area contributed by atoms with Gasteiger partial charge in [-0.1, -0.05) is 18.2 Å². The number of nitrogens with zero attached hydrogens (tertiary/aromatic N) is 2. The predicted octanol–water partition coefficient (Wildman–Crippen LogP) is 3.48. The van der Waals surface area contributed by atoms with E-state index >= 15 is 0 Å². The maximum atomic E-state index is 12.9. The van der Waals surface area contributed by atoms with Crippen molar-refractivity contribution in [2.75, 3.05) is 13.1 Å². The molecule has 4 rings (SSSR count). The van der Waals surface area contributed by atoms with E-state index in [0.717, 1.165) is 41.6 Å². The van der Waals surface area contributed by atoms with Crippen molar-refractivity contribution in [3.63, 3.8) is 0 Å². The zero-order valence-corrected chi connectivity index (χ0v) is 13.1. The van der Waals surface area contributed by atoms with Gasteiger partial charge in [-0.15, -0.1) is 0 Å². The van der Waals surface area contributed by atoms with E-state index in [1.54, 1.807) is 6.20 Å². The first-order valence-electron chi connectivity index (χ1n) is 8.00. The fourth-order valence-corrected chi connectivity index (χ4v) is 3.43. The van der Waals surface area contributed by atoms with Gasteiger partial charge >= 0.3 is 0 Å². The first kappa shape index (κ1) is 14.1. The Morgan fingerprint density at radius 1 is 1.35 bits per heavy atom. The van der Waals surface area contributed by atoms with Gasteiger partial charge in [0.15, 0.2) is 5.76 Å². The number of furan rings is 1. The van der Waals surface area contributed by atoms with Crippen molar-refractivity contribution in [2.24, 2.45) is 0 Å². The highest BCUT2D eigenvalue weighted by atomic mass is 16.3. The summed E-state index contributed by atoms with van der Waals surface area (Å²) in [5, 5.41) is 8.06. The number of nitrogens with one attached hydrogen (secondary N) is 1. The highest BCUT2D eigenvalue weighted by Crippen LogP contribution is 2.29. The number of aromatic amines is 1. The van der Waals surface area contributed by atoms with Crippen molar-refractivity contribution in [1.29, 1.82) is 0 Å². The fourth-order valence-electron chi connectivity index (χ4n) is 3.43. The molecule has 1 atom stereocenters. The van der Waals surface area contributed by atoms with Crippen LogP contribution in [0.25, 0.3) is 11.0 Å². The molecule has 0 saturated carbocycles. The summed E-state index contributed by atoms with van der Waals surface area (Å²) in [5.41, 5.74) is 2.80. The normalized spacial score (nSPS) is 18.5. The summed E-state index contributed by atoms with van der Waals surface area (Å²) >= 11 is 0. The first-order chi connectivity index (χ1) is 11.2. The number of hydrogen-bond acceptors (Lipinski definition) is 3. The van der Waals surface area contributed by atoms with Crippen LogP contribution in [0.5, 0.6) is 0 Å². The molecule has 3 aromatic rings. The van der Waals surface area contributed by atoms with Crippen LogP contribution < -0.4 is 0 Å². The largest absolute Gasteiger partial charge is 0.451 e. The standard InChI is InChI=1S/C18H19N3O2/c1-12-14-6-2-3-7-16(14)23-17(12)18(22)21-10-4-5-13(11-21)15-8-9-19-20-15/h2-3,6-9,13H,4-5,10-11H2,1H3,(H,19,20)/t13-/m1/s1. The summed E-state index contributed by atoms with van der Waals surface area (Å²) in [6, 6.07) is 9.78. The molecule has 1 fully saturated rings. The summed E-state index contributed by atoms with van der Waals surface area (Å²) in [4.78, 5) is 14.8. The number of aryl methyl sites for hydroxylation is 1. The van der Waals surface area contributed by atoms with Gasteiger partial charge in [-0.25, -0.2) is 0 Å². The average Bonchev–Trinajstić information content (AvgIpc) is 3.23. The second-order valence-electron chi connectivity index (χ2n) is 6.15. The maximum absolute atomic E-state index is 12.9. The van der Waals surface area contributed by atoms with Crippen molar-refractivity contribution in [1.82, 2.24) is 15.1 Å². The lowest BCUT2D eigenvalue weighted by molar-refractivity contribution is 0.0675. The maximum Gasteiger partial charge on any atom is 0.289 e. The summed E-state index contributed by atoms with van der Waals surface area (Å²) in [5.74, 6) is 0.777. The van der Waals surface area contributed by atoms with Gasteiger partial charge < -0.3 is 9.32 Å². The average molecular weight is 309 g/mol. The first-order valence-corrected chi connectivity index (χ1v) is 8.00. The van der Waals surface area contributed by atoms with Gasteiger partial charge in [0.25, 0.3) is 5.91 Å². The zero-order valence-electron chi connectivity index (χ0n) is 13.1. The number of benzene rings is 1. The van der Waals surface area contributed by atoms with Crippen LogP contribution in [0.4, 0.5) is 0 Å². The molecule has 5 nitrogen and oxygen atoms in total. The zero-order chi connectivity index (χ0) is 15.8. The molecule has 1 amide bonds. The van der Waals surface area contributed by atoms with Crippen molar-refractivity contribution in [2.45, 2.75) is 25.7 Å². The Hall–Kier alpha value is -2.56. The van der Waals surface area contributed by atoms with E-state index in [4.69, 9.17) is 4.42 Å². The van der Waals surface area contributed by atoms with Gasteiger partial charge in [-0.2, -0.15) is 5.10 Å². The number of amides is 1. The number of H-pyrrole nitrogens is 1. The number of para-hydroxylation sites is 1. The van der Waals surface area contributed by atoms with Crippen LogP contribution in [0.15, 0.2) is 40.9 Å². The lowest BCUT2D eigenvalue weighted by Gasteiger charge is -2.31. The van der Waals surface area contributed by atoms with Crippen LogP contribution in [0, 0.1) is 6.92 Å². The van der Waals surface area contributed by atoms with E-state index in [2.05, 4.69) is 10.2 Å². The van der Waals surface area contributed by atoms with Crippen molar-refractivity contribution < 1.29 is 9.21 Å². The number of fused-ring (bicyclic) bond motifs is 1. The summed E-state index contributed by atoms with van der Waals surface area (Å²) in [6.07, 6.45) is 3.83. The molecule has 0 aliphatic carbocycles. The molecule has 1 N–H and O–H groups in total. The van der Waals surface area contributed by atoms with Crippen LogP contribution in [0.2, 0.25) is 0 Å². The van der Waals surface area contributed by atoms with E-state index in [-0.39, 0.29) is 5.91 Å². The van der Waals surface area contributed by atoms with Gasteiger partial charge in [0.05, 0.1) is 0 Å². The van der Waals surface area contributed by atoms with Crippen molar-refractivity contribution in [3.8, 4) is 0 Å². The molecule has 0 unspecified atom stereocenters. The third-order valence-electron chi connectivity index (χ3n) is 4.71. The highest BCUT2D eigenvalue weighted by molar-refractivity contribution is 5.99. The Bertz CT molecular complexity index is 835. The van der Waals surface area contributed by atoms with Gasteiger partial charge in [0, 0.05) is 41.8 Å². The number of hydrogen-bond donors (Lipinski definition) is 1. The van der Waals surface area contributed by atoms with Gasteiger partial charge in [-0.05, 0) is 31.9 Å². The Labute approximate surface area is 134 Å². The molecule has 1 aliphatic heterocycles. The Balaban J connectivity index is 1.61. The third-order valence-corrected chi connectivity index (χ3v) is 4.71. The van der Waals surface area contributed by atoms with E-state index in [9.17, 15) is 4.79 Å². The number of piperidine rings is 1. The van der Waals surface area contributed by atoms with Crippen LogP contribution >= 0.6 is 0 Å². The van der Waals surface area contributed by atoms with Crippen LogP contribution in [-0.4, -0.2) is 34.1 Å². The number of aromatic nitrogens is 2. The minimum Gasteiger partial charge on any atom is -0.451 e. The number of rotatable bonds is 2. The van der Waals surface area contributed by atoms with Crippen molar-refractivity contribution >= 4 is 16.9 Å². The van der Waals surface area contributed by atoms with Gasteiger partial charge in [0.1, 0.15) is 5.58 Å². The molecule has 0 bridgehead atoms. The molecule has 1 aliphatic rings. The minimum absolute atomic E-state index is 0.0112. The summed E-state index contributed by atoms with van der Waals surface area (Å²) in [7, 11) is 0. The molecule has 1 aromatic carbocycles. The minimum atomic E-state index is -0.0112. The second-order valence-corrected chi connectivity index (χ2v) is 6.15. The molecule has 0 spiro atoms. The van der Waals surface area contributed by atoms with Crippen LogP contribution in [0.1, 0.15) is 40.6 Å². The Morgan fingerprint density at radius 3 is 3.00 bits per heavy atom. The molecule has 118 valence electrons.